The molecule has 0 radical (unpaired) electrons. The van der Waals surface area contributed by atoms with Gasteiger partial charge >= 0.3 is 5.69 Å². The van der Waals surface area contributed by atoms with E-state index in [0.29, 0.717) is 0 Å². The third-order valence-electron chi connectivity index (χ3n) is 3.47. The van der Waals surface area contributed by atoms with Crippen molar-refractivity contribution in [3.05, 3.63) is 39.7 Å². The van der Waals surface area contributed by atoms with Crippen molar-refractivity contribution in [2.45, 2.75) is 32.7 Å². The highest BCUT2D eigenvalue weighted by molar-refractivity contribution is 5.95. The molecule has 5 nitrogen and oxygen atoms in total. The Kier molecular flexibility index (Phi) is 4.24. The number of halogens is 1. The maximum atomic E-state index is 13.2. The minimum Gasteiger partial charge on any atom is -0.337 e. The third kappa shape index (κ3) is 3.07. The Morgan fingerprint density at radius 1 is 1.47 bits per heavy atom. The second kappa shape index (κ2) is 5.34. The summed E-state index contributed by atoms with van der Waals surface area (Å²) in [5, 5.41) is 10.7. The monoisotopic (exact) mass is 268 g/mol. The number of amides is 1. The fourth-order valence-corrected chi connectivity index (χ4v) is 1.49. The van der Waals surface area contributed by atoms with E-state index >= 15 is 0 Å². The van der Waals surface area contributed by atoms with Gasteiger partial charge in [-0.25, -0.2) is 0 Å². The zero-order valence-corrected chi connectivity index (χ0v) is 11.4. The van der Waals surface area contributed by atoms with Crippen molar-refractivity contribution in [3.63, 3.8) is 0 Å². The molecule has 0 aliphatic carbocycles. The first-order chi connectivity index (χ1) is 8.70. The maximum absolute atomic E-state index is 13.2. The number of rotatable bonds is 4. The lowest BCUT2D eigenvalue weighted by atomic mass is 9.99. The molecule has 0 bridgehead atoms. The van der Waals surface area contributed by atoms with Crippen LogP contribution in [0.3, 0.4) is 0 Å². The smallest absolute Gasteiger partial charge is 0.305 e. The second-order valence-corrected chi connectivity index (χ2v) is 4.95. The van der Waals surface area contributed by atoms with Crippen LogP contribution >= 0.6 is 0 Å². The van der Waals surface area contributed by atoms with E-state index in [9.17, 15) is 19.3 Å². The molecule has 0 fully saturated rings. The molecule has 0 aliphatic heterocycles. The van der Waals surface area contributed by atoms with Crippen LogP contribution in [0, 0.1) is 15.9 Å². The largest absolute Gasteiger partial charge is 0.337 e. The SMILES string of the molecule is CCC(C)(C)N(C)C(=O)c1ccc(F)c([N+](=O)[O-])c1. The molecule has 0 aliphatic rings. The molecule has 6 heteroatoms. The Bertz CT molecular complexity index is 515. The zero-order chi connectivity index (χ0) is 14.8. The molecule has 1 aromatic carbocycles. The maximum Gasteiger partial charge on any atom is 0.305 e. The second-order valence-electron chi connectivity index (χ2n) is 4.95. The minimum atomic E-state index is -0.945. The number of carbonyl (C=O) groups excluding carboxylic acids is 1. The molecule has 0 spiro atoms. The molecule has 0 saturated carbocycles. The first kappa shape index (κ1) is 15.1. The van der Waals surface area contributed by atoms with Crippen LogP contribution in [0.5, 0.6) is 0 Å². The molecule has 1 amide bonds. The number of nitro groups is 1. The van der Waals surface area contributed by atoms with E-state index in [1.807, 2.05) is 20.8 Å². The molecule has 0 saturated heterocycles. The molecule has 0 atom stereocenters. The zero-order valence-electron chi connectivity index (χ0n) is 11.4. The molecule has 1 rings (SSSR count). The van der Waals surface area contributed by atoms with Crippen molar-refractivity contribution in [2.24, 2.45) is 0 Å². The quantitative estimate of drug-likeness (QED) is 0.623. The van der Waals surface area contributed by atoms with E-state index in [2.05, 4.69) is 0 Å². The number of benzene rings is 1. The first-order valence-electron chi connectivity index (χ1n) is 5.92. The van der Waals surface area contributed by atoms with Gasteiger partial charge in [-0.3, -0.25) is 14.9 Å². The van der Waals surface area contributed by atoms with Gasteiger partial charge in [0.25, 0.3) is 5.91 Å². The van der Waals surface area contributed by atoms with E-state index in [1.54, 1.807) is 7.05 Å². The van der Waals surface area contributed by atoms with Crippen molar-refractivity contribution in [1.29, 1.82) is 0 Å². The minimum absolute atomic E-state index is 0.108. The number of carbonyl (C=O) groups is 1. The van der Waals surface area contributed by atoms with Crippen molar-refractivity contribution >= 4 is 11.6 Å². The normalized spacial score (nSPS) is 11.2. The highest BCUT2D eigenvalue weighted by Gasteiger charge is 2.28. The average molecular weight is 268 g/mol. The van der Waals surface area contributed by atoms with Crippen LogP contribution in [-0.2, 0) is 0 Å². The molecular formula is C13H17FN2O3. The highest BCUT2D eigenvalue weighted by Crippen LogP contribution is 2.23. The Labute approximate surface area is 111 Å². The summed E-state index contributed by atoms with van der Waals surface area (Å²) in [6.45, 7) is 5.72. The number of nitrogens with zero attached hydrogens (tertiary/aromatic N) is 2. The first-order valence-corrected chi connectivity index (χ1v) is 5.92. The summed E-state index contributed by atoms with van der Waals surface area (Å²) >= 11 is 0. The molecule has 104 valence electrons. The van der Waals surface area contributed by atoms with Crippen LogP contribution in [0.1, 0.15) is 37.6 Å². The molecule has 0 aromatic heterocycles. The molecule has 0 heterocycles. The molecule has 1 aromatic rings. The van der Waals surface area contributed by atoms with Crippen LogP contribution in [0.15, 0.2) is 18.2 Å². The van der Waals surface area contributed by atoms with Gasteiger partial charge in [-0.15, -0.1) is 0 Å². The van der Waals surface area contributed by atoms with Gasteiger partial charge in [0, 0.05) is 24.2 Å². The van der Waals surface area contributed by atoms with Crippen LogP contribution in [0.2, 0.25) is 0 Å². The van der Waals surface area contributed by atoms with Crippen LogP contribution in [-0.4, -0.2) is 28.3 Å². The van der Waals surface area contributed by atoms with Crippen LogP contribution in [0.4, 0.5) is 10.1 Å². The van der Waals surface area contributed by atoms with Crippen LogP contribution in [0.25, 0.3) is 0 Å². The van der Waals surface area contributed by atoms with E-state index in [-0.39, 0.29) is 17.0 Å². The van der Waals surface area contributed by atoms with Gasteiger partial charge in [0.05, 0.1) is 4.92 Å². The van der Waals surface area contributed by atoms with E-state index in [4.69, 9.17) is 0 Å². The van der Waals surface area contributed by atoms with Gasteiger partial charge in [-0.05, 0) is 32.4 Å². The summed E-state index contributed by atoms with van der Waals surface area (Å²) in [6, 6.07) is 3.17. The fraction of sp³-hybridized carbons (Fsp3) is 0.462. The summed E-state index contributed by atoms with van der Waals surface area (Å²) in [7, 11) is 1.63. The lowest BCUT2D eigenvalue weighted by molar-refractivity contribution is -0.387. The van der Waals surface area contributed by atoms with E-state index in [1.165, 1.54) is 11.0 Å². The van der Waals surface area contributed by atoms with Crippen molar-refractivity contribution < 1.29 is 14.1 Å². The lowest BCUT2D eigenvalue weighted by Crippen LogP contribution is -2.44. The summed E-state index contributed by atoms with van der Waals surface area (Å²) in [4.78, 5) is 23.5. The van der Waals surface area contributed by atoms with Crippen molar-refractivity contribution in [1.82, 2.24) is 4.90 Å². The lowest BCUT2D eigenvalue weighted by Gasteiger charge is -2.34. The molecular weight excluding hydrogens is 251 g/mol. The molecule has 0 unspecified atom stereocenters. The average Bonchev–Trinajstić information content (AvgIpc) is 2.37. The fourth-order valence-electron chi connectivity index (χ4n) is 1.49. The summed E-state index contributed by atoms with van der Waals surface area (Å²) < 4.78 is 13.2. The van der Waals surface area contributed by atoms with Crippen LogP contribution < -0.4 is 0 Å². The standard InChI is InChI=1S/C13H17FN2O3/c1-5-13(2,3)15(4)12(17)9-6-7-10(14)11(8-9)16(18)19/h6-8H,5H2,1-4H3. The van der Waals surface area contributed by atoms with Gasteiger partial charge in [0.1, 0.15) is 0 Å². The van der Waals surface area contributed by atoms with Gasteiger partial charge in [-0.2, -0.15) is 4.39 Å². The highest BCUT2D eigenvalue weighted by atomic mass is 19.1. The van der Waals surface area contributed by atoms with Gasteiger partial charge in [-0.1, -0.05) is 6.92 Å². The summed E-state index contributed by atoms with van der Waals surface area (Å²) in [6.07, 6.45) is 0.735. The topological polar surface area (TPSA) is 63.5 Å². The van der Waals surface area contributed by atoms with E-state index < -0.39 is 16.4 Å². The third-order valence-corrected chi connectivity index (χ3v) is 3.47. The van der Waals surface area contributed by atoms with Crippen molar-refractivity contribution in [2.75, 3.05) is 7.05 Å². The number of hydrogen-bond acceptors (Lipinski definition) is 3. The van der Waals surface area contributed by atoms with Crippen molar-refractivity contribution in [3.8, 4) is 0 Å². The van der Waals surface area contributed by atoms with Gasteiger partial charge in [0.2, 0.25) is 5.82 Å². The Morgan fingerprint density at radius 2 is 2.05 bits per heavy atom. The molecule has 0 N–H and O–H groups in total. The predicted molar refractivity (Wildman–Crippen MR) is 69.5 cm³/mol. The summed E-state index contributed by atoms with van der Waals surface area (Å²) in [5.74, 6) is -1.31. The van der Waals surface area contributed by atoms with Gasteiger partial charge in [0.15, 0.2) is 0 Å². The number of hydrogen-bond donors (Lipinski definition) is 0. The number of nitro benzene ring substituents is 1. The Hall–Kier alpha value is -1.98. The predicted octanol–water partition coefficient (Wildman–Crippen LogP) is 2.99. The Morgan fingerprint density at radius 3 is 2.53 bits per heavy atom. The van der Waals surface area contributed by atoms with E-state index in [0.717, 1.165) is 18.6 Å². The van der Waals surface area contributed by atoms with Gasteiger partial charge < -0.3 is 4.90 Å². The Balaban J connectivity index is 3.14. The summed E-state index contributed by atoms with van der Waals surface area (Å²) in [5.41, 5.74) is -0.953. The molecule has 19 heavy (non-hydrogen) atoms.